The maximum Gasteiger partial charge on any atom is 0.416 e. The highest BCUT2D eigenvalue weighted by atomic mass is 32.2. The number of rotatable bonds is 13. The molecule has 0 saturated carbocycles. The van der Waals surface area contributed by atoms with E-state index in [1.54, 1.807) is 0 Å². The van der Waals surface area contributed by atoms with Crippen LogP contribution in [0, 0.1) is 6.92 Å². The summed E-state index contributed by atoms with van der Waals surface area (Å²) in [7, 11) is -3.93. The zero-order valence-electron chi connectivity index (χ0n) is 23.1. The molecule has 2 rings (SSSR count). The predicted octanol–water partition coefficient (Wildman–Crippen LogP) is 5.28. The Morgan fingerprint density at radius 3 is 2.26 bits per heavy atom. The number of nitrogens with zero attached hydrogens (tertiary/aromatic N) is 2. The standard InChI is InChI=1S/C28H38F3N3O4S/c1-6-21(4)32-27(36)25(7-2)33(19-22-13-9-8-12-20(22)3)26(35)16-11-17-34(39(5,37)38)24-15-10-14-23(18-24)28(29,30)31/h8-10,12-15,18,21,25H,6-7,11,16-17,19H2,1-5H3,(H,32,36)/t21-,25+/m1/s1. The van der Waals surface area contributed by atoms with Gasteiger partial charge < -0.3 is 10.2 Å². The van der Waals surface area contributed by atoms with E-state index in [-0.39, 0.29) is 49.5 Å². The fourth-order valence-corrected chi connectivity index (χ4v) is 5.13. The van der Waals surface area contributed by atoms with Gasteiger partial charge in [0.2, 0.25) is 21.8 Å². The smallest absolute Gasteiger partial charge is 0.352 e. The molecule has 0 bridgehead atoms. The van der Waals surface area contributed by atoms with Crippen molar-refractivity contribution in [2.45, 2.75) is 78.2 Å². The highest BCUT2D eigenvalue weighted by Gasteiger charge is 2.32. The van der Waals surface area contributed by atoms with E-state index in [0.29, 0.717) is 6.42 Å². The number of nitrogens with one attached hydrogen (secondary N) is 1. The molecular weight excluding hydrogens is 531 g/mol. The van der Waals surface area contributed by atoms with E-state index in [1.807, 2.05) is 52.0 Å². The van der Waals surface area contributed by atoms with Crippen LogP contribution in [0.1, 0.15) is 63.1 Å². The highest BCUT2D eigenvalue weighted by Crippen LogP contribution is 2.32. The van der Waals surface area contributed by atoms with E-state index in [9.17, 15) is 31.2 Å². The molecule has 0 radical (unpaired) electrons. The van der Waals surface area contributed by atoms with E-state index in [4.69, 9.17) is 0 Å². The van der Waals surface area contributed by atoms with Crippen molar-refractivity contribution in [2.24, 2.45) is 0 Å². The molecular formula is C28H38F3N3O4S. The minimum Gasteiger partial charge on any atom is -0.352 e. The van der Waals surface area contributed by atoms with Crippen molar-refractivity contribution >= 4 is 27.5 Å². The fraction of sp³-hybridized carbons (Fsp3) is 0.500. The van der Waals surface area contributed by atoms with Crippen LogP contribution in [0.25, 0.3) is 0 Å². The van der Waals surface area contributed by atoms with Crippen molar-refractivity contribution in [3.05, 3.63) is 65.2 Å². The van der Waals surface area contributed by atoms with Crippen LogP contribution in [0.4, 0.5) is 18.9 Å². The number of hydrogen-bond acceptors (Lipinski definition) is 4. The Bertz CT molecular complexity index is 1230. The van der Waals surface area contributed by atoms with Gasteiger partial charge in [-0.25, -0.2) is 8.42 Å². The summed E-state index contributed by atoms with van der Waals surface area (Å²) in [4.78, 5) is 28.1. The first-order valence-corrected chi connectivity index (χ1v) is 14.8. The van der Waals surface area contributed by atoms with Crippen LogP contribution < -0.4 is 9.62 Å². The van der Waals surface area contributed by atoms with Gasteiger partial charge >= 0.3 is 6.18 Å². The molecule has 7 nitrogen and oxygen atoms in total. The molecule has 0 heterocycles. The Morgan fingerprint density at radius 2 is 1.69 bits per heavy atom. The minimum atomic E-state index is -4.63. The monoisotopic (exact) mass is 569 g/mol. The number of carbonyl (C=O) groups excluding carboxylic acids is 2. The summed E-state index contributed by atoms with van der Waals surface area (Å²) < 4.78 is 65.4. The lowest BCUT2D eigenvalue weighted by atomic mass is 10.0. The Kier molecular flexibility index (Phi) is 11.4. The van der Waals surface area contributed by atoms with Gasteiger partial charge in [-0.1, -0.05) is 44.2 Å². The number of aryl methyl sites for hydroxylation is 1. The van der Waals surface area contributed by atoms with Gasteiger partial charge in [0.15, 0.2) is 0 Å². The first kappa shape index (κ1) is 32.1. The van der Waals surface area contributed by atoms with Gasteiger partial charge in [-0.15, -0.1) is 0 Å². The van der Waals surface area contributed by atoms with Crippen molar-refractivity contribution < 1.29 is 31.2 Å². The fourth-order valence-electron chi connectivity index (χ4n) is 4.17. The number of carbonyl (C=O) groups is 2. The van der Waals surface area contributed by atoms with E-state index >= 15 is 0 Å². The van der Waals surface area contributed by atoms with Gasteiger partial charge in [0.05, 0.1) is 17.5 Å². The number of amides is 2. The van der Waals surface area contributed by atoms with E-state index in [2.05, 4.69) is 5.32 Å². The quantitative estimate of drug-likeness (QED) is 0.356. The molecule has 0 saturated heterocycles. The van der Waals surface area contributed by atoms with Crippen molar-refractivity contribution in [1.82, 2.24) is 10.2 Å². The summed E-state index contributed by atoms with van der Waals surface area (Å²) in [5, 5.41) is 2.94. The van der Waals surface area contributed by atoms with Gasteiger partial charge in [0, 0.05) is 25.6 Å². The number of sulfonamides is 1. The number of halogens is 3. The first-order chi connectivity index (χ1) is 18.2. The third-order valence-corrected chi connectivity index (χ3v) is 7.80. The van der Waals surface area contributed by atoms with Crippen LogP contribution in [0.5, 0.6) is 0 Å². The second-order valence-electron chi connectivity index (χ2n) is 9.68. The minimum absolute atomic E-state index is 0.0514. The van der Waals surface area contributed by atoms with Gasteiger partial charge in [-0.05, 0) is 62.4 Å². The van der Waals surface area contributed by atoms with Crippen LogP contribution in [-0.2, 0) is 32.3 Å². The maximum absolute atomic E-state index is 13.5. The summed E-state index contributed by atoms with van der Waals surface area (Å²) in [5.41, 5.74) is 0.741. The molecule has 2 aromatic rings. The number of benzene rings is 2. The molecule has 0 unspecified atom stereocenters. The second-order valence-corrected chi connectivity index (χ2v) is 11.6. The lowest BCUT2D eigenvalue weighted by molar-refractivity contribution is -0.141. The van der Waals surface area contributed by atoms with Crippen molar-refractivity contribution in [3.63, 3.8) is 0 Å². The molecule has 0 aliphatic heterocycles. The number of alkyl halides is 3. The van der Waals surface area contributed by atoms with Gasteiger partial charge in [0.25, 0.3) is 0 Å². The van der Waals surface area contributed by atoms with E-state index in [1.165, 1.54) is 11.0 Å². The van der Waals surface area contributed by atoms with Gasteiger partial charge in [-0.3, -0.25) is 13.9 Å². The lowest BCUT2D eigenvalue weighted by Gasteiger charge is -2.32. The highest BCUT2D eigenvalue weighted by molar-refractivity contribution is 7.92. The normalized spacial score (nSPS) is 13.4. The molecule has 2 aromatic carbocycles. The zero-order valence-corrected chi connectivity index (χ0v) is 23.9. The summed E-state index contributed by atoms with van der Waals surface area (Å²) >= 11 is 0. The Balaban J connectivity index is 2.28. The molecule has 39 heavy (non-hydrogen) atoms. The Hall–Kier alpha value is -3.08. The molecule has 0 aromatic heterocycles. The van der Waals surface area contributed by atoms with Crippen LogP contribution in [0.2, 0.25) is 0 Å². The third kappa shape index (κ3) is 9.26. The molecule has 0 aliphatic rings. The predicted molar refractivity (Wildman–Crippen MR) is 147 cm³/mol. The molecule has 2 atom stereocenters. The second kappa shape index (κ2) is 13.8. The van der Waals surface area contributed by atoms with Crippen LogP contribution >= 0.6 is 0 Å². The maximum atomic E-state index is 13.5. The van der Waals surface area contributed by atoms with Crippen molar-refractivity contribution in [1.29, 1.82) is 0 Å². The molecule has 0 fully saturated rings. The molecule has 0 spiro atoms. The SMILES string of the molecule is CC[C@@H](C)NC(=O)[C@H](CC)N(Cc1ccccc1C)C(=O)CCCN(c1cccc(C(F)(F)F)c1)S(C)(=O)=O. The molecule has 0 aliphatic carbocycles. The van der Waals surface area contributed by atoms with E-state index in [0.717, 1.165) is 46.3 Å². The first-order valence-electron chi connectivity index (χ1n) is 13.0. The molecule has 1 N–H and O–H groups in total. The summed E-state index contributed by atoms with van der Waals surface area (Å²) in [6, 6.07) is 10.8. The average molecular weight is 570 g/mol. The van der Waals surface area contributed by atoms with Crippen molar-refractivity contribution in [2.75, 3.05) is 17.1 Å². The Labute approximate surface area is 229 Å². The Morgan fingerprint density at radius 1 is 1.03 bits per heavy atom. The average Bonchev–Trinajstić information content (AvgIpc) is 2.86. The molecule has 11 heteroatoms. The zero-order chi connectivity index (χ0) is 29.4. The van der Waals surface area contributed by atoms with Crippen LogP contribution in [0.15, 0.2) is 48.5 Å². The largest absolute Gasteiger partial charge is 0.416 e. The summed E-state index contributed by atoms with van der Waals surface area (Å²) in [6.45, 7) is 7.56. The summed E-state index contributed by atoms with van der Waals surface area (Å²) in [5.74, 6) is -0.614. The van der Waals surface area contributed by atoms with Crippen LogP contribution in [0.3, 0.4) is 0 Å². The summed E-state index contributed by atoms with van der Waals surface area (Å²) in [6.07, 6.45) is -2.66. The van der Waals surface area contributed by atoms with E-state index < -0.39 is 27.8 Å². The van der Waals surface area contributed by atoms with Crippen LogP contribution in [-0.4, -0.2) is 50.0 Å². The third-order valence-electron chi connectivity index (χ3n) is 6.60. The van der Waals surface area contributed by atoms with Gasteiger partial charge in [0.1, 0.15) is 6.04 Å². The number of hydrogen-bond donors (Lipinski definition) is 1. The lowest BCUT2D eigenvalue weighted by Crippen LogP contribution is -2.50. The van der Waals surface area contributed by atoms with Gasteiger partial charge in [-0.2, -0.15) is 13.2 Å². The topological polar surface area (TPSA) is 86.8 Å². The molecule has 216 valence electrons. The molecule has 2 amide bonds. The van der Waals surface area contributed by atoms with Crippen molar-refractivity contribution in [3.8, 4) is 0 Å². The number of anilines is 1.